The molecule has 0 bridgehead atoms. The van der Waals surface area contributed by atoms with Gasteiger partial charge in [0.1, 0.15) is 11.4 Å². The highest BCUT2D eigenvalue weighted by Crippen LogP contribution is 2.32. The number of hydrogen-bond acceptors (Lipinski definition) is 3. The second kappa shape index (κ2) is 7.24. The smallest absolute Gasteiger partial charge is 0.307 e. The van der Waals surface area contributed by atoms with Crippen molar-refractivity contribution in [3.8, 4) is 5.75 Å². The summed E-state index contributed by atoms with van der Waals surface area (Å²) in [6.45, 7) is 5.65. The van der Waals surface area contributed by atoms with E-state index >= 15 is 0 Å². The fraction of sp³-hybridized carbons (Fsp3) is 0.318. The number of aromatic amines is 1. The number of fused-ring (bicyclic) bond motifs is 1. The maximum atomic E-state index is 12.5. The van der Waals surface area contributed by atoms with Crippen molar-refractivity contribution < 1.29 is 14.3 Å². The highest BCUT2D eigenvalue weighted by atomic mass is 16.6. The molecule has 3 aromatic rings. The molecule has 0 fully saturated rings. The maximum absolute atomic E-state index is 12.5. The van der Waals surface area contributed by atoms with Crippen LogP contribution in [0, 0.1) is 0 Å². The second-order valence-electron chi connectivity index (χ2n) is 7.43. The topological polar surface area (TPSA) is 51.3 Å². The van der Waals surface area contributed by atoms with E-state index in [2.05, 4.69) is 17.1 Å². The summed E-state index contributed by atoms with van der Waals surface area (Å²) in [6.07, 6.45) is 0.261. The lowest BCUT2D eigenvalue weighted by Gasteiger charge is -2.22. The van der Waals surface area contributed by atoms with Crippen LogP contribution in [0.25, 0.3) is 10.9 Å². The number of aromatic nitrogens is 1. The third kappa shape index (κ3) is 4.26. The Balaban J connectivity index is 1.99. The minimum atomic E-state index is -0.504. The van der Waals surface area contributed by atoms with Crippen LogP contribution < -0.4 is 4.74 Å². The summed E-state index contributed by atoms with van der Waals surface area (Å²) >= 11 is 0. The molecule has 26 heavy (non-hydrogen) atoms. The minimum Gasteiger partial charge on any atom is -0.497 e. The van der Waals surface area contributed by atoms with Crippen LogP contribution >= 0.6 is 0 Å². The fourth-order valence-corrected chi connectivity index (χ4v) is 3.10. The molecule has 4 nitrogen and oxygen atoms in total. The van der Waals surface area contributed by atoms with Crippen LogP contribution in [0.3, 0.4) is 0 Å². The Bertz CT molecular complexity index is 872. The highest BCUT2D eigenvalue weighted by molar-refractivity contribution is 5.81. The van der Waals surface area contributed by atoms with Gasteiger partial charge in [-0.25, -0.2) is 0 Å². The van der Waals surface area contributed by atoms with Crippen molar-refractivity contribution in [3.63, 3.8) is 0 Å². The summed E-state index contributed by atoms with van der Waals surface area (Å²) in [7, 11) is 1.64. The zero-order chi connectivity index (χ0) is 18.7. The molecule has 0 saturated carbocycles. The van der Waals surface area contributed by atoms with Crippen LogP contribution in [0.2, 0.25) is 0 Å². The quantitative estimate of drug-likeness (QED) is 0.655. The Morgan fingerprint density at radius 1 is 1.08 bits per heavy atom. The Kier molecular flexibility index (Phi) is 5.03. The highest BCUT2D eigenvalue weighted by Gasteiger charge is 2.24. The molecule has 0 aliphatic carbocycles. The summed E-state index contributed by atoms with van der Waals surface area (Å²) in [6, 6.07) is 18.0. The van der Waals surface area contributed by atoms with Gasteiger partial charge in [-0.05, 0) is 56.0 Å². The van der Waals surface area contributed by atoms with E-state index in [1.165, 1.54) is 0 Å². The molecule has 0 amide bonds. The van der Waals surface area contributed by atoms with E-state index in [0.717, 1.165) is 27.9 Å². The standard InChI is InChI=1S/C22H25NO3/c1-22(2,3)26-21(24)14-18(15-9-7-10-17(12-15)25-4)20-13-16-8-5-6-11-19(16)23-20/h5-13,18,23H,14H2,1-4H3. The monoisotopic (exact) mass is 351 g/mol. The van der Waals surface area contributed by atoms with E-state index < -0.39 is 5.60 Å². The maximum Gasteiger partial charge on any atom is 0.307 e. The second-order valence-corrected chi connectivity index (χ2v) is 7.43. The van der Waals surface area contributed by atoms with E-state index in [9.17, 15) is 4.79 Å². The molecule has 4 heteroatoms. The molecule has 0 saturated heterocycles. The van der Waals surface area contributed by atoms with E-state index in [-0.39, 0.29) is 18.3 Å². The average Bonchev–Trinajstić information content (AvgIpc) is 3.02. The van der Waals surface area contributed by atoms with Gasteiger partial charge in [0.15, 0.2) is 0 Å². The van der Waals surface area contributed by atoms with E-state index in [1.807, 2.05) is 63.2 Å². The van der Waals surface area contributed by atoms with Crippen LogP contribution in [-0.4, -0.2) is 23.7 Å². The van der Waals surface area contributed by atoms with E-state index in [1.54, 1.807) is 7.11 Å². The number of carbonyl (C=O) groups excluding carboxylic acids is 1. The number of H-pyrrole nitrogens is 1. The van der Waals surface area contributed by atoms with Crippen molar-refractivity contribution in [1.82, 2.24) is 4.98 Å². The third-order valence-electron chi connectivity index (χ3n) is 4.21. The van der Waals surface area contributed by atoms with Crippen molar-refractivity contribution in [1.29, 1.82) is 0 Å². The predicted molar refractivity (Wildman–Crippen MR) is 104 cm³/mol. The number of benzene rings is 2. The number of methoxy groups -OCH3 is 1. The number of para-hydroxylation sites is 1. The molecule has 1 unspecified atom stereocenters. The van der Waals surface area contributed by atoms with E-state index in [4.69, 9.17) is 9.47 Å². The van der Waals surface area contributed by atoms with Crippen molar-refractivity contribution in [2.45, 2.75) is 38.7 Å². The molecule has 0 aliphatic rings. The van der Waals surface area contributed by atoms with Gasteiger partial charge >= 0.3 is 5.97 Å². The summed E-state index contributed by atoms with van der Waals surface area (Å²) in [5.41, 5.74) is 2.56. The Morgan fingerprint density at radius 2 is 1.85 bits per heavy atom. The average molecular weight is 351 g/mol. The van der Waals surface area contributed by atoms with Gasteiger partial charge in [0.05, 0.1) is 13.5 Å². The molecular formula is C22H25NO3. The largest absolute Gasteiger partial charge is 0.497 e. The number of nitrogens with one attached hydrogen (secondary N) is 1. The van der Waals surface area contributed by atoms with Crippen molar-refractivity contribution in [3.05, 3.63) is 65.9 Å². The zero-order valence-electron chi connectivity index (χ0n) is 15.7. The molecular weight excluding hydrogens is 326 g/mol. The molecule has 3 rings (SSSR count). The van der Waals surface area contributed by atoms with Crippen molar-refractivity contribution in [2.75, 3.05) is 7.11 Å². The van der Waals surface area contributed by atoms with E-state index in [0.29, 0.717) is 0 Å². The first-order valence-electron chi connectivity index (χ1n) is 8.79. The van der Waals surface area contributed by atoms with Gasteiger partial charge in [0, 0.05) is 17.1 Å². The molecule has 1 N–H and O–H groups in total. The molecule has 0 spiro atoms. The first kappa shape index (κ1) is 18.1. The lowest BCUT2D eigenvalue weighted by molar-refractivity contribution is -0.155. The third-order valence-corrected chi connectivity index (χ3v) is 4.21. The normalized spacial score (nSPS) is 12.8. The first-order valence-corrected chi connectivity index (χ1v) is 8.79. The lowest BCUT2D eigenvalue weighted by Crippen LogP contribution is -2.25. The van der Waals surface area contributed by atoms with Gasteiger partial charge in [0.2, 0.25) is 0 Å². The number of ether oxygens (including phenoxy) is 2. The Morgan fingerprint density at radius 3 is 2.54 bits per heavy atom. The van der Waals surface area contributed by atoms with Crippen LogP contribution in [0.5, 0.6) is 5.75 Å². The molecule has 136 valence electrons. The molecule has 2 aromatic carbocycles. The fourth-order valence-electron chi connectivity index (χ4n) is 3.10. The van der Waals surface area contributed by atoms with Crippen molar-refractivity contribution >= 4 is 16.9 Å². The molecule has 0 radical (unpaired) electrons. The van der Waals surface area contributed by atoms with Crippen molar-refractivity contribution in [2.24, 2.45) is 0 Å². The van der Waals surface area contributed by atoms with Crippen LogP contribution in [0.15, 0.2) is 54.6 Å². The van der Waals surface area contributed by atoms with Gasteiger partial charge in [-0.3, -0.25) is 4.79 Å². The summed E-state index contributed by atoms with van der Waals surface area (Å²) in [5, 5.41) is 1.12. The van der Waals surface area contributed by atoms with Crippen LogP contribution in [-0.2, 0) is 9.53 Å². The Hall–Kier alpha value is -2.75. The number of esters is 1. The SMILES string of the molecule is COc1cccc(C(CC(=O)OC(C)(C)C)c2cc3ccccc3[nH]2)c1. The van der Waals surface area contributed by atoms with Crippen LogP contribution in [0.1, 0.15) is 44.4 Å². The minimum absolute atomic E-state index is 0.132. The molecule has 1 aromatic heterocycles. The number of rotatable bonds is 5. The Labute approximate surface area is 154 Å². The lowest BCUT2D eigenvalue weighted by atomic mass is 9.92. The predicted octanol–water partition coefficient (Wildman–Crippen LogP) is 5.04. The number of hydrogen-bond donors (Lipinski definition) is 1. The molecule has 1 heterocycles. The molecule has 1 atom stereocenters. The first-order chi connectivity index (χ1) is 12.4. The van der Waals surface area contributed by atoms with Gasteiger partial charge in [-0.1, -0.05) is 30.3 Å². The van der Waals surface area contributed by atoms with Gasteiger partial charge in [-0.15, -0.1) is 0 Å². The zero-order valence-corrected chi connectivity index (χ0v) is 15.7. The number of carbonyl (C=O) groups is 1. The summed E-state index contributed by atoms with van der Waals surface area (Å²) in [4.78, 5) is 16.0. The molecule has 0 aliphatic heterocycles. The van der Waals surface area contributed by atoms with Crippen LogP contribution in [0.4, 0.5) is 0 Å². The van der Waals surface area contributed by atoms with Gasteiger partial charge in [0.25, 0.3) is 0 Å². The van der Waals surface area contributed by atoms with Gasteiger partial charge in [-0.2, -0.15) is 0 Å². The summed E-state index contributed by atoms with van der Waals surface area (Å²) < 4.78 is 10.9. The summed E-state index contributed by atoms with van der Waals surface area (Å²) in [5.74, 6) is 0.420. The van der Waals surface area contributed by atoms with Gasteiger partial charge < -0.3 is 14.5 Å².